The van der Waals surface area contributed by atoms with Crippen molar-refractivity contribution in [1.82, 2.24) is 14.4 Å². The molecule has 0 radical (unpaired) electrons. The average molecular weight is 287 g/mol. The van der Waals surface area contributed by atoms with Crippen LogP contribution in [-0.2, 0) is 29.5 Å². The second-order valence-electron chi connectivity index (χ2n) is 5.39. The molecular weight excluding hydrogens is 266 g/mol. The van der Waals surface area contributed by atoms with Gasteiger partial charge in [0.15, 0.2) is 0 Å². The molecule has 0 fully saturated rings. The van der Waals surface area contributed by atoms with Gasteiger partial charge in [-0.1, -0.05) is 5.16 Å². The lowest BCUT2D eigenvalue weighted by Crippen LogP contribution is -2.35. The maximum absolute atomic E-state index is 11.6. The molecule has 0 atom stereocenters. The number of fused-ring (bicyclic) bond motifs is 1. The van der Waals surface area contributed by atoms with Gasteiger partial charge < -0.3 is 4.52 Å². The molecule has 0 amide bonds. The standard InChI is InChI=1S/C12H21N3O3S/c1-9(2)14(3)8-11-10-7-15(19(4,16)17)6-5-12(10)18-13-11/h9H,5-8H2,1-4H3. The van der Waals surface area contributed by atoms with Crippen LogP contribution in [0.5, 0.6) is 0 Å². The van der Waals surface area contributed by atoms with E-state index in [0.717, 1.165) is 17.0 Å². The lowest BCUT2D eigenvalue weighted by atomic mass is 10.1. The summed E-state index contributed by atoms with van der Waals surface area (Å²) in [4.78, 5) is 2.15. The summed E-state index contributed by atoms with van der Waals surface area (Å²) in [5.74, 6) is 0.826. The molecule has 1 aliphatic rings. The summed E-state index contributed by atoms with van der Waals surface area (Å²) < 4.78 is 30.1. The van der Waals surface area contributed by atoms with Crippen LogP contribution in [-0.4, -0.2) is 48.7 Å². The predicted molar refractivity (Wildman–Crippen MR) is 72.1 cm³/mol. The van der Waals surface area contributed by atoms with Crippen molar-refractivity contribution in [2.45, 2.75) is 39.4 Å². The van der Waals surface area contributed by atoms with E-state index in [2.05, 4.69) is 23.9 Å². The molecule has 0 aromatic carbocycles. The van der Waals surface area contributed by atoms with E-state index in [1.54, 1.807) is 0 Å². The van der Waals surface area contributed by atoms with Gasteiger partial charge in [-0.15, -0.1) is 0 Å². The minimum Gasteiger partial charge on any atom is -0.361 e. The van der Waals surface area contributed by atoms with Crippen LogP contribution in [0.25, 0.3) is 0 Å². The molecule has 0 spiro atoms. The largest absolute Gasteiger partial charge is 0.361 e. The first kappa shape index (κ1) is 14.5. The highest BCUT2D eigenvalue weighted by atomic mass is 32.2. The lowest BCUT2D eigenvalue weighted by molar-refractivity contribution is 0.255. The van der Waals surface area contributed by atoms with E-state index in [-0.39, 0.29) is 0 Å². The Balaban J connectivity index is 2.21. The fraction of sp³-hybridized carbons (Fsp3) is 0.750. The maximum atomic E-state index is 11.6. The van der Waals surface area contributed by atoms with E-state index in [4.69, 9.17) is 4.52 Å². The SMILES string of the molecule is CC(C)N(C)Cc1noc2c1CN(S(C)(=O)=O)CC2. The third kappa shape index (κ3) is 3.16. The van der Waals surface area contributed by atoms with Crippen LogP contribution < -0.4 is 0 Å². The number of nitrogens with zero attached hydrogens (tertiary/aromatic N) is 3. The van der Waals surface area contributed by atoms with Crippen LogP contribution in [0.15, 0.2) is 4.52 Å². The van der Waals surface area contributed by atoms with Crippen molar-refractivity contribution in [2.75, 3.05) is 19.8 Å². The number of sulfonamides is 1. The van der Waals surface area contributed by atoms with Gasteiger partial charge in [0.05, 0.1) is 6.26 Å². The van der Waals surface area contributed by atoms with Gasteiger partial charge in [-0.2, -0.15) is 4.31 Å². The van der Waals surface area contributed by atoms with E-state index in [1.807, 2.05) is 7.05 Å². The number of aromatic nitrogens is 1. The van der Waals surface area contributed by atoms with E-state index in [0.29, 0.717) is 32.1 Å². The van der Waals surface area contributed by atoms with Crippen LogP contribution in [0.2, 0.25) is 0 Å². The molecule has 0 unspecified atom stereocenters. The Labute approximate surface area is 114 Å². The topological polar surface area (TPSA) is 66.7 Å². The summed E-state index contributed by atoms with van der Waals surface area (Å²) in [6.45, 7) is 5.73. The Bertz CT molecular complexity index is 551. The molecule has 1 aromatic rings. The van der Waals surface area contributed by atoms with Crippen molar-refractivity contribution in [3.63, 3.8) is 0 Å². The van der Waals surface area contributed by atoms with Gasteiger partial charge in [-0.3, -0.25) is 4.90 Å². The van der Waals surface area contributed by atoms with Gasteiger partial charge in [0.25, 0.3) is 0 Å². The summed E-state index contributed by atoms with van der Waals surface area (Å²) in [5, 5.41) is 4.10. The Morgan fingerprint density at radius 1 is 1.47 bits per heavy atom. The smallest absolute Gasteiger partial charge is 0.211 e. The zero-order valence-electron chi connectivity index (χ0n) is 11.9. The molecular formula is C12H21N3O3S. The van der Waals surface area contributed by atoms with Crippen molar-refractivity contribution >= 4 is 10.0 Å². The molecule has 1 aromatic heterocycles. The highest BCUT2D eigenvalue weighted by molar-refractivity contribution is 7.88. The summed E-state index contributed by atoms with van der Waals surface area (Å²) >= 11 is 0. The molecule has 6 nitrogen and oxygen atoms in total. The van der Waals surface area contributed by atoms with Gasteiger partial charge >= 0.3 is 0 Å². The first-order valence-electron chi connectivity index (χ1n) is 6.40. The van der Waals surface area contributed by atoms with Crippen LogP contribution in [0, 0.1) is 0 Å². The second kappa shape index (κ2) is 5.22. The van der Waals surface area contributed by atoms with Gasteiger partial charge in [0.1, 0.15) is 11.5 Å². The van der Waals surface area contributed by atoms with Crippen LogP contribution in [0.4, 0.5) is 0 Å². The molecule has 1 aliphatic heterocycles. The molecule has 0 bridgehead atoms. The quantitative estimate of drug-likeness (QED) is 0.820. The number of hydrogen-bond donors (Lipinski definition) is 0. The normalized spacial score (nSPS) is 17.2. The summed E-state index contributed by atoms with van der Waals surface area (Å²) in [6.07, 6.45) is 1.84. The molecule has 0 aliphatic carbocycles. The van der Waals surface area contributed by atoms with Crippen LogP contribution in [0.3, 0.4) is 0 Å². The zero-order valence-corrected chi connectivity index (χ0v) is 12.7. The van der Waals surface area contributed by atoms with Crippen molar-refractivity contribution < 1.29 is 12.9 Å². The molecule has 0 saturated heterocycles. The third-order valence-electron chi connectivity index (χ3n) is 3.62. The molecule has 108 valence electrons. The van der Waals surface area contributed by atoms with Crippen LogP contribution in [0.1, 0.15) is 30.9 Å². The summed E-state index contributed by atoms with van der Waals surface area (Å²) in [7, 11) is -1.14. The monoisotopic (exact) mass is 287 g/mol. The van der Waals surface area contributed by atoms with Gasteiger partial charge in [0, 0.05) is 37.7 Å². The second-order valence-corrected chi connectivity index (χ2v) is 7.37. The predicted octanol–water partition coefficient (Wildman–Crippen LogP) is 0.833. The molecule has 2 rings (SSSR count). The van der Waals surface area contributed by atoms with Gasteiger partial charge in [0.2, 0.25) is 10.0 Å². The molecule has 2 heterocycles. The fourth-order valence-electron chi connectivity index (χ4n) is 2.07. The average Bonchev–Trinajstić information content (AvgIpc) is 2.70. The Hall–Kier alpha value is -0.920. The first-order valence-corrected chi connectivity index (χ1v) is 8.25. The van der Waals surface area contributed by atoms with E-state index >= 15 is 0 Å². The van der Waals surface area contributed by atoms with Gasteiger partial charge in [-0.05, 0) is 20.9 Å². The van der Waals surface area contributed by atoms with Crippen molar-refractivity contribution in [2.24, 2.45) is 0 Å². The third-order valence-corrected chi connectivity index (χ3v) is 4.87. The van der Waals surface area contributed by atoms with Crippen molar-refractivity contribution in [3.8, 4) is 0 Å². The Morgan fingerprint density at radius 2 is 2.16 bits per heavy atom. The zero-order chi connectivity index (χ0) is 14.2. The highest BCUT2D eigenvalue weighted by Gasteiger charge is 2.29. The first-order chi connectivity index (χ1) is 8.79. The molecule has 0 saturated carbocycles. The van der Waals surface area contributed by atoms with Crippen molar-refractivity contribution in [3.05, 3.63) is 17.0 Å². The Kier molecular flexibility index (Phi) is 3.98. The highest BCUT2D eigenvalue weighted by Crippen LogP contribution is 2.24. The minimum absolute atomic E-state index is 0.374. The Morgan fingerprint density at radius 3 is 2.74 bits per heavy atom. The summed E-state index contributed by atoms with van der Waals surface area (Å²) in [5.41, 5.74) is 1.78. The van der Waals surface area contributed by atoms with Crippen molar-refractivity contribution in [1.29, 1.82) is 0 Å². The summed E-state index contributed by atoms with van der Waals surface area (Å²) in [6, 6.07) is 0.405. The molecule has 19 heavy (non-hydrogen) atoms. The maximum Gasteiger partial charge on any atom is 0.211 e. The molecule has 7 heteroatoms. The van der Waals surface area contributed by atoms with E-state index < -0.39 is 10.0 Å². The van der Waals surface area contributed by atoms with E-state index in [9.17, 15) is 8.42 Å². The van der Waals surface area contributed by atoms with Gasteiger partial charge in [-0.25, -0.2) is 8.42 Å². The lowest BCUT2D eigenvalue weighted by Gasteiger charge is -2.25. The van der Waals surface area contributed by atoms with E-state index in [1.165, 1.54) is 10.6 Å². The number of hydrogen-bond acceptors (Lipinski definition) is 5. The molecule has 0 N–H and O–H groups in total. The van der Waals surface area contributed by atoms with Crippen LogP contribution >= 0.6 is 0 Å². The number of rotatable bonds is 4. The minimum atomic E-state index is -3.16. The fourth-order valence-corrected chi connectivity index (χ4v) is 2.85.